The van der Waals surface area contributed by atoms with Gasteiger partial charge in [-0.15, -0.1) is 0 Å². The Morgan fingerprint density at radius 2 is 2.23 bits per heavy atom. The number of nitrogens with zero attached hydrogens (tertiary/aromatic N) is 2. The number of anilines is 1. The molecule has 0 aliphatic carbocycles. The van der Waals surface area contributed by atoms with Crippen LogP contribution in [0.4, 0.5) is 5.69 Å². The molecule has 22 heavy (non-hydrogen) atoms. The van der Waals surface area contributed by atoms with E-state index in [1.165, 1.54) is 6.07 Å². The van der Waals surface area contributed by atoms with Crippen LogP contribution < -0.4 is 10.9 Å². The minimum Gasteiger partial charge on any atom is -0.324 e. The molecule has 0 unspecified atom stereocenters. The van der Waals surface area contributed by atoms with Crippen LogP contribution in [0, 0.1) is 11.3 Å². The molecular formula is C15H14N4O2S. The van der Waals surface area contributed by atoms with E-state index in [2.05, 4.69) is 15.3 Å². The zero-order chi connectivity index (χ0) is 15.9. The lowest BCUT2D eigenvalue weighted by Gasteiger charge is -2.06. The maximum atomic E-state index is 11.9. The summed E-state index contributed by atoms with van der Waals surface area (Å²) in [6.45, 7) is 1.90. The van der Waals surface area contributed by atoms with E-state index < -0.39 is 0 Å². The zero-order valence-corrected chi connectivity index (χ0v) is 12.7. The summed E-state index contributed by atoms with van der Waals surface area (Å²) in [5, 5.41) is 12.1. The number of aryl methyl sites for hydroxylation is 1. The first-order valence-electron chi connectivity index (χ1n) is 6.64. The molecule has 2 N–H and O–H groups in total. The maximum Gasteiger partial charge on any atom is 0.251 e. The summed E-state index contributed by atoms with van der Waals surface area (Å²) in [5.74, 6) is -0.173. The monoisotopic (exact) mass is 314 g/mol. The average molecular weight is 314 g/mol. The van der Waals surface area contributed by atoms with Gasteiger partial charge in [-0.2, -0.15) is 5.26 Å². The van der Waals surface area contributed by atoms with Crippen LogP contribution in [-0.2, 0) is 11.2 Å². The molecule has 0 saturated heterocycles. The van der Waals surface area contributed by atoms with E-state index in [0.717, 1.165) is 11.8 Å². The Morgan fingerprint density at radius 1 is 1.45 bits per heavy atom. The fourth-order valence-corrected chi connectivity index (χ4v) is 2.44. The number of amides is 1. The summed E-state index contributed by atoms with van der Waals surface area (Å²) >= 11 is 1.14. The van der Waals surface area contributed by atoms with Crippen LogP contribution >= 0.6 is 11.8 Å². The number of carbonyl (C=O) groups excluding carboxylic acids is 1. The largest absolute Gasteiger partial charge is 0.324 e. The number of hydrogen-bond donors (Lipinski definition) is 2. The van der Waals surface area contributed by atoms with E-state index in [1.54, 1.807) is 24.3 Å². The Morgan fingerprint density at radius 3 is 2.95 bits per heavy atom. The highest BCUT2D eigenvalue weighted by molar-refractivity contribution is 7.99. The minimum atomic E-state index is -0.266. The van der Waals surface area contributed by atoms with Gasteiger partial charge in [0.05, 0.1) is 17.0 Å². The highest BCUT2D eigenvalue weighted by Gasteiger charge is 2.08. The quantitative estimate of drug-likeness (QED) is 0.649. The van der Waals surface area contributed by atoms with Crippen LogP contribution in [-0.4, -0.2) is 21.6 Å². The molecule has 0 spiro atoms. The van der Waals surface area contributed by atoms with Crippen LogP contribution in [0.1, 0.15) is 18.2 Å². The van der Waals surface area contributed by atoms with Gasteiger partial charge in [0.25, 0.3) is 5.56 Å². The second kappa shape index (κ2) is 7.43. The smallest absolute Gasteiger partial charge is 0.251 e. The lowest BCUT2D eigenvalue weighted by Crippen LogP contribution is -2.16. The van der Waals surface area contributed by atoms with Gasteiger partial charge in [-0.05, 0) is 18.6 Å². The summed E-state index contributed by atoms with van der Waals surface area (Å²) < 4.78 is 0. The van der Waals surface area contributed by atoms with Gasteiger partial charge < -0.3 is 10.3 Å². The van der Waals surface area contributed by atoms with Crippen molar-refractivity contribution in [3.63, 3.8) is 0 Å². The molecule has 6 nitrogen and oxygen atoms in total. The molecule has 1 aromatic carbocycles. The molecule has 0 aliphatic heterocycles. The lowest BCUT2D eigenvalue weighted by molar-refractivity contribution is -0.113. The second-order valence-corrected chi connectivity index (χ2v) is 5.35. The van der Waals surface area contributed by atoms with E-state index in [9.17, 15) is 9.59 Å². The van der Waals surface area contributed by atoms with Gasteiger partial charge in [0, 0.05) is 11.8 Å². The van der Waals surface area contributed by atoms with Crippen LogP contribution in [0.25, 0.3) is 0 Å². The van der Waals surface area contributed by atoms with Gasteiger partial charge >= 0.3 is 0 Å². The third-order valence-electron chi connectivity index (χ3n) is 2.80. The third-order valence-corrected chi connectivity index (χ3v) is 3.67. The van der Waals surface area contributed by atoms with Crippen LogP contribution in [0.15, 0.2) is 40.3 Å². The Hall–Kier alpha value is -2.59. The van der Waals surface area contributed by atoms with Crippen LogP contribution in [0.3, 0.4) is 0 Å². The van der Waals surface area contributed by atoms with Gasteiger partial charge in [-0.25, -0.2) is 4.98 Å². The van der Waals surface area contributed by atoms with E-state index in [4.69, 9.17) is 5.26 Å². The molecule has 2 rings (SSSR count). The Balaban J connectivity index is 2.00. The van der Waals surface area contributed by atoms with E-state index in [-0.39, 0.29) is 17.2 Å². The fourth-order valence-electron chi connectivity index (χ4n) is 1.74. The summed E-state index contributed by atoms with van der Waals surface area (Å²) in [4.78, 5) is 30.2. The summed E-state index contributed by atoms with van der Waals surface area (Å²) in [5.41, 5.74) is 1.32. The molecule has 0 aliphatic rings. The maximum absolute atomic E-state index is 11.9. The number of nitriles is 1. The van der Waals surface area contributed by atoms with Gasteiger partial charge in [-0.1, -0.05) is 30.8 Å². The number of benzene rings is 1. The molecule has 112 valence electrons. The second-order valence-electron chi connectivity index (χ2n) is 4.39. The number of aromatic amines is 1. The predicted molar refractivity (Wildman–Crippen MR) is 84.7 cm³/mol. The Labute approximate surface area is 131 Å². The molecule has 0 bridgehead atoms. The molecule has 1 heterocycles. The van der Waals surface area contributed by atoms with Crippen LogP contribution in [0.2, 0.25) is 0 Å². The van der Waals surface area contributed by atoms with Crippen molar-refractivity contribution in [3.05, 3.63) is 51.9 Å². The standard InChI is InChI=1S/C15H14N4O2S/c1-2-11-7-13(20)19-15(17-11)22-9-14(21)18-12-6-4-3-5-10(12)8-16/h3-7H,2,9H2,1H3,(H,18,21)(H,17,19,20). The number of thioether (sulfide) groups is 1. The van der Waals surface area contributed by atoms with E-state index in [0.29, 0.717) is 28.5 Å². The van der Waals surface area contributed by atoms with Crippen molar-refractivity contribution >= 4 is 23.4 Å². The number of nitrogens with one attached hydrogen (secondary N) is 2. The summed E-state index contributed by atoms with van der Waals surface area (Å²) in [6, 6.07) is 10.2. The number of H-pyrrole nitrogens is 1. The number of rotatable bonds is 5. The molecule has 0 atom stereocenters. The van der Waals surface area contributed by atoms with E-state index >= 15 is 0 Å². The van der Waals surface area contributed by atoms with Crippen molar-refractivity contribution in [3.8, 4) is 6.07 Å². The van der Waals surface area contributed by atoms with Gasteiger partial charge in [0.2, 0.25) is 5.91 Å². The van der Waals surface area contributed by atoms with Crippen molar-refractivity contribution in [2.24, 2.45) is 0 Å². The first kappa shape index (κ1) is 15.8. The van der Waals surface area contributed by atoms with Crippen molar-refractivity contribution in [2.75, 3.05) is 11.1 Å². The molecular weight excluding hydrogens is 300 g/mol. The first-order valence-corrected chi connectivity index (χ1v) is 7.63. The topological polar surface area (TPSA) is 98.6 Å². The van der Waals surface area contributed by atoms with Crippen molar-refractivity contribution in [1.82, 2.24) is 9.97 Å². The van der Waals surface area contributed by atoms with E-state index in [1.807, 2.05) is 13.0 Å². The highest BCUT2D eigenvalue weighted by atomic mass is 32.2. The van der Waals surface area contributed by atoms with Gasteiger partial charge in [-0.3, -0.25) is 9.59 Å². The first-order chi connectivity index (χ1) is 10.6. The fraction of sp³-hybridized carbons (Fsp3) is 0.200. The number of hydrogen-bond acceptors (Lipinski definition) is 5. The van der Waals surface area contributed by atoms with Crippen molar-refractivity contribution < 1.29 is 4.79 Å². The zero-order valence-electron chi connectivity index (χ0n) is 11.9. The summed E-state index contributed by atoms with van der Waals surface area (Å²) in [7, 11) is 0. The van der Waals surface area contributed by atoms with Gasteiger partial charge in [0.15, 0.2) is 5.16 Å². The molecule has 0 fully saturated rings. The van der Waals surface area contributed by atoms with Gasteiger partial charge in [0.1, 0.15) is 6.07 Å². The highest BCUT2D eigenvalue weighted by Crippen LogP contribution is 2.16. The lowest BCUT2D eigenvalue weighted by atomic mass is 10.2. The van der Waals surface area contributed by atoms with Crippen LogP contribution in [0.5, 0.6) is 0 Å². The number of carbonyl (C=O) groups is 1. The molecule has 1 amide bonds. The summed E-state index contributed by atoms with van der Waals surface area (Å²) in [6.07, 6.45) is 0.652. The Bertz CT molecular complexity index is 780. The van der Waals surface area contributed by atoms with Crippen molar-refractivity contribution in [2.45, 2.75) is 18.5 Å². The molecule has 0 saturated carbocycles. The Kier molecular flexibility index (Phi) is 5.33. The molecule has 1 aromatic heterocycles. The minimum absolute atomic E-state index is 0.0931. The molecule has 0 radical (unpaired) electrons. The molecule has 2 aromatic rings. The number of aromatic nitrogens is 2. The third kappa shape index (κ3) is 4.20. The predicted octanol–water partition coefficient (Wildman–Crippen LogP) is 1.93. The average Bonchev–Trinajstić information content (AvgIpc) is 2.53. The SMILES string of the molecule is CCc1cc(=O)[nH]c(SCC(=O)Nc2ccccc2C#N)n1. The van der Waals surface area contributed by atoms with Crippen molar-refractivity contribution in [1.29, 1.82) is 5.26 Å². The normalized spacial score (nSPS) is 10.0. The molecule has 7 heteroatoms. The number of para-hydroxylation sites is 1.